The van der Waals surface area contributed by atoms with Crippen LogP contribution in [0, 0.1) is 16.4 Å². The van der Waals surface area contributed by atoms with Gasteiger partial charge in [-0.15, -0.1) is 0 Å². The van der Waals surface area contributed by atoms with E-state index in [4.69, 9.17) is 0 Å². The van der Waals surface area contributed by atoms with E-state index in [-0.39, 0.29) is 5.41 Å². The molecule has 10 aromatic rings. The molecule has 314 valence electrons. The quantitative estimate of drug-likeness (QED) is 0.0912. The van der Waals surface area contributed by atoms with E-state index in [1.165, 1.54) is 103 Å². The molecular weight excluding hydrogens is 910 g/mol. The summed E-state index contributed by atoms with van der Waals surface area (Å²) in [5.74, 6) is 0.844. The third kappa shape index (κ3) is 5.97. The lowest BCUT2D eigenvalue weighted by atomic mass is 9.64. The number of fused-ring (bicyclic) bond motifs is 13. The Kier molecular flexibility index (Phi) is 9.29. The molecule has 13 rings (SSSR count). The number of anilines is 3. The first-order valence-corrected chi connectivity index (χ1v) is 24.4. The summed E-state index contributed by atoms with van der Waals surface area (Å²) in [5, 5.41) is 5.09. The molecule has 0 radical (unpaired) electrons. The van der Waals surface area contributed by atoms with Gasteiger partial charge in [-0.25, -0.2) is 0 Å². The van der Waals surface area contributed by atoms with E-state index < -0.39 is 0 Å². The van der Waals surface area contributed by atoms with Gasteiger partial charge in [0.25, 0.3) is 0 Å². The van der Waals surface area contributed by atoms with Crippen LogP contribution >= 0.6 is 22.6 Å². The van der Waals surface area contributed by atoms with Gasteiger partial charge in [0.15, 0.2) is 0 Å². The van der Waals surface area contributed by atoms with Crippen molar-refractivity contribution in [1.82, 2.24) is 0 Å². The van der Waals surface area contributed by atoms with Crippen molar-refractivity contribution in [2.45, 2.75) is 31.1 Å². The summed E-state index contributed by atoms with van der Waals surface area (Å²) in [6, 6.07) is 80.1. The molecule has 0 aliphatic heterocycles. The van der Waals surface area contributed by atoms with Crippen molar-refractivity contribution in [1.29, 1.82) is 0 Å². The zero-order valence-electron chi connectivity index (χ0n) is 36.8. The number of hydrogen-bond donors (Lipinski definition) is 0. The molecule has 0 fully saturated rings. The third-order valence-electron chi connectivity index (χ3n) is 15.0. The van der Waals surface area contributed by atoms with E-state index >= 15 is 0 Å². The average molecular weight is 956 g/mol. The van der Waals surface area contributed by atoms with Crippen LogP contribution in [-0.4, -0.2) is 0 Å². The fraction of sp³-hybridized carbons (Fsp3) is 0.0938. The Morgan fingerprint density at radius 2 is 1.15 bits per heavy atom. The molecule has 1 spiro atoms. The summed E-state index contributed by atoms with van der Waals surface area (Å²) in [5.41, 5.74) is 20.4. The lowest BCUT2D eigenvalue weighted by molar-refractivity contribution is 0.351. The first kappa shape index (κ1) is 39.4. The third-order valence-corrected chi connectivity index (χ3v) is 15.6. The molecule has 0 amide bonds. The minimum atomic E-state index is -0.229. The molecule has 0 aromatic heterocycles. The van der Waals surface area contributed by atoms with Crippen LogP contribution in [0.4, 0.5) is 17.1 Å². The van der Waals surface area contributed by atoms with Gasteiger partial charge < -0.3 is 4.90 Å². The average Bonchev–Trinajstić information content (AvgIpc) is 3.84. The van der Waals surface area contributed by atoms with Gasteiger partial charge in [-0.1, -0.05) is 176 Å². The zero-order chi connectivity index (χ0) is 43.9. The highest BCUT2D eigenvalue weighted by atomic mass is 127. The number of nitrogens with zero attached hydrogens (tertiary/aromatic N) is 1. The van der Waals surface area contributed by atoms with Gasteiger partial charge in [0.1, 0.15) is 0 Å². The van der Waals surface area contributed by atoms with Crippen molar-refractivity contribution < 1.29 is 0 Å². The second-order valence-electron chi connectivity index (χ2n) is 18.5. The van der Waals surface area contributed by atoms with Crippen LogP contribution < -0.4 is 4.90 Å². The predicted molar refractivity (Wildman–Crippen MR) is 286 cm³/mol. The van der Waals surface area contributed by atoms with Crippen molar-refractivity contribution in [3.63, 3.8) is 0 Å². The maximum Gasteiger partial charge on any atom is 0.0543 e. The van der Waals surface area contributed by atoms with Crippen molar-refractivity contribution >= 4 is 61.2 Å². The molecule has 0 heterocycles. The standard InChI is InChI=1S/C64H46IN/c1-41-37-46(39-47(65)38-41)56-40-45-17-5-6-18-51(45)62-50(22-13-23-54(56)62)44-31-35-49(36-32-44)66(48-33-29-43(30-34-48)42-15-3-2-4-16-42)61-28-14-27-60-63(61)55-21-9-12-26-59(55)64(60)57-24-10-7-19-52(57)53-20-8-11-25-58(53)64/h2-10,12-24,26-40,53,58H,11,25H2,1H3. The van der Waals surface area contributed by atoms with E-state index in [1.807, 2.05) is 0 Å². The Hall–Kier alpha value is -7.01. The van der Waals surface area contributed by atoms with Crippen LogP contribution in [0.1, 0.15) is 46.6 Å². The summed E-state index contributed by atoms with van der Waals surface area (Å²) in [4.78, 5) is 2.52. The number of allylic oxidation sites excluding steroid dienone is 2. The van der Waals surface area contributed by atoms with Crippen molar-refractivity contribution in [2.24, 2.45) is 5.92 Å². The van der Waals surface area contributed by atoms with Gasteiger partial charge in [-0.2, -0.15) is 0 Å². The lowest BCUT2D eigenvalue weighted by Gasteiger charge is -2.38. The lowest BCUT2D eigenvalue weighted by Crippen LogP contribution is -2.34. The molecule has 3 aliphatic carbocycles. The molecule has 3 atom stereocenters. The predicted octanol–water partition coefficient (Wildman–Crippen LogP) is 17.8. The maximum atomic E-state index is 2.52. The topological polar surface area (TPSA) is 3.24 Å². The largest absolute Gasteiger partial charge is 0.310 e. The zero-order valence-corrected chi connectivity index (χ0v) is 38.9. The van der Waals surface area contributed by atoms with Crippen molar-refractivity contribution in [2.75, 3.05) is 4.90 Å². The van der Waals surface area contributed by atoms with Crippen LogP contribution in [0.3, 0.4) is 0 Å². The van der Waals surface area contributed by atoms with E-state index in [2.05, 4.69) is 259 Å². The highest BCUT2D eigenvalue weighted by Gasteiger charge is 2.58. The number of benzene rings is 10. The van der Waals surface area contributed by atoms with Crippen LogP contribution in [0.2, 0.25) is 0 Å². The fourth-order valence-corrected chi connectivity index (χ4v) is 13.2. The number of aryl methyl sites for hydroxylation is 1. The first-order chi connectivity index (χ1) is 32.6. The Morgan fingerprint density at radius 1 is 0.500 bits per heavy atom. The Balaban J connectivity index is 1.01. The molecule has 0 saturated heterocycles. The summed E-state index contributed by atoms with van der Waals surface area (Å²) < 4.78 is 1.25. The monoisotopic (exact) mass is 955 g/mol. The smallest absolute Gasteiger partial charge is 0.0543 e. The number of rotatable bonds is 6. The Morgan fingerprint density at radius 3 is 1.97 bits per heavy atom. The first-order valence-electron chi connectivity index (χ1n) is 23.3. The fourth-order valence-electron chi connectivity index (χ4n) is 12.4. The second-order valence-corrected chi connectivity index (χ2v) is 19.7. The minimum absolute atomic E-state index is 0.229. The summed E-state index contributed by atoms with van der Waals surface area (Å²) >= 11 is 2.46. The molecule has 10 aromatic carbocycles. The van der Waals surface area contributed by atoms with E-state index in [9.17, 15) is 0 Å². The Labute approximate surface area is 400 Å². The molecule has 0 N–H and O–H groups in total. The van der Waals surface area contributed by atoms with Gasteiger partial charge >= 0.3 is 0 Å². The van der Waals surface area contributed by atoms with Gasteiger partial charge in [-0.05, 0) is 185 Å². The SMILES string of the molecule is Cc1cc(I)cc(-c2cc3ccccc3c3c(-c4ccc(N(c5ccc(-c6ccccc6)cc5)c5cccc6c5-c5ccccc5C65c6ccccc6C6C=CCCC65)cc4)cccc23)c1. The molecular formula is C64H46IN. The Bertz CT molecular complexity index is 3550. The summed E-state index contributed by atoms with van der Waals surface area (Å²) in [7, 11) is 0. The number of halogens is 1. The normalized spacial score (nSPS) is 17.7. The molecule has 3 aliphatic rings. The van der Waals surface area contributed by atoms with Gasteiger partial charge in [0, 0.05) is 26.4 Å². The summed E-state index contributed by atoms with van der Waals surface area (Å²) in [6.45, 7) is 2.20. The van der Waals surface area contributed by atoms with Crippen molar-refractivity contribution in [3.8, 4) is 44.5 Å². The maximum absolute atomic E-state index is 2.52. The van der Waals surface area contributed by atoms with E-state index in [1.54, 1.807) is 0 Å². The molecule has 1 nitrogen and oxygen atoms in total. The molecule has 0 saturated carbocycles. The van der Waals surface area contributed by atoms with Gasteiger partial charge in [0.2, 0.25) is 0 Å². The van der Waals surface area contributed by atoms with Gasteiger partial charge in [0.05, 0.1) is 11.1 Å². The second kappa shape index (κ2) is 15.6. The van der Waals surface area contributed by atoms with E-state index in [0.29, 0.717) is 11.8 Å². The molecule has 66 heavy (non-hydrogen) atoms. The minimum Gasteiger partial charge on any atom is -0.310 e. The van der Waals surface area contributed by atoms with Crippen LogP contribution in [-0.2, 0) is 5.41 Å². The van der Waals surface area contributed by atoms with Crippen LogP contribution in [0.5, 0.6) is 0 Å². The van der Waals surface area contributed by atoms with Gasteiger partial charge in [-0.3, -0.25) is 0 Å². The summed E-state index contributed by atoms with van der Waals surface area (Å²) in [6.07, 6.45) is 7.20. The number of hydrogen-bond acceptors (Lipinski definition) is 1. The van der Waals surface area contributed by atoms with Crippen LogP contribution in [0.15, 0.2) is 224 Å². The highest BCUT2D eigenvalue weighted by Crippen LogP contribution is 2.67. The molecule has 3 unspecified atom stereocenters. The van der Waals surface area contributed by atoms with E-state index in [0.717, 1.165) is 24.2 Å². The highest BCUT2D eigenvalue weighted by molar-refractivity contribution is 14.1. The van der Waals surface area contributed by atoms with Crippen LogP contribution in [0.25, 0.3) is 66.1 Å². The molecule has 2 heteroatoms. The van der Waals surface area contributed by atoms with Crippen molar-refractivity contribution in [3.05, 3.63) is 256 Å². The molecule has 0 bridgehead atoms.